The van der Waals surface area contributed by atoms with Gasteiger partial charge in [-0.1, -0.05) is 6.07 Å². The van der Waals surface area contributed by atoms with Crippen molar-refractivity contribution in [2.24, 2.45) is 0 Å². The summed E-state index contributed by atoms with van der Waals surface area (Å²) in [7, 11) is 1.03. The molecular formula is C30H32N2O16. The highest BCUT2D eigenvalue weighted by atomic mass is 16.7. The maximum absolute atomic E-state index is 13.1. The summed E-state index contributed by atoms with van der Waals surface area (Å²) in [6.07, 6.45) is -9.49. The summed E-state index contributed by atoms with van der Waals surface area (Å²) in [4.78, 5) is 84.3. The second kappa shape index (κ2) is 16.7. The molecule has 1 aliphatic heterocycles. The first-order chi connectivity index (χ1) is 22.7. The van der Waals surface area contributed by atoms with Crippen LogP contribution in [0.3, 0.4) is 0 Å². The lowest BCUT2D eigenvalue weighted by Gasteiger charge is -2.43. The molecular weight excluding hydrogens is 644 g/mol. The van der Waals surface area contributed by atoms with E-state index < -0.39 is 78.2 Å². The van der Waals surface area contributed by atoms with Gasteiger partial charge in [-0.05, 0) is 36.8 Å². The zero-order valence-electron chi connectivity index (χ0n) is 26.3. The Morgan fingerprint density at radius 1 is 0.875 bits per heavy atom. The van der Waals surface area contributed by atoms with Crippen LogP contribution in [0.15, 0.2) is 42.5 Å². The Labute approximate surface area is 272 Å². The number of nitro benzene ring substituents is 1. The number of rotatable bonds is 12. The van der Waals surface area contributed by atoms with E-state index in [2.05, 4.69) is 5.32 Å². The van der Waals surface area contributed by atoms with Crippen LogP contribution in [0.5, 0.6) is 11.5 Å². The van der Waals surface area contributed by atoms with Crippen molar-refractivity contribution in [3.63, 3.8) is 0 Å². The fourth-order valence-electron chi connectivity index (χ4n) is 4.41. The van der Waals surface area contributed by atoms with Crippen LogP contribution in [0, 0.1) is 10.1 Å². The first kappa shape index (κ1) is 36.7. The monoisotopic (exact) mass is 676 g/mol. The van der Waals surface area contributed by atoms with E-state index in [1.54, 1.807) is 6.92 Å². The van der Waals surface area contributed by atoms with Crippen molar-refractivity contribution < 1.29 is 71.6 Å². The normalized spacial score (nSPS) is 19.9. The molecule has 5 atom stereocenters. The molecule has 3 rings (SSSR count). The second-order valence-corrected chi connectivity index (χ2v) is 9.87. The number of carbonyl (C=O) groups excluding carboxylic acids is 6. The number of amides is 1. The first-order valence-corrected chi connectivity index (χ1v) is 14.2. The summed E-state index contributed by atoms with van der Waals surface area (Å²) < 4.78 is 42.5. The van der Waals surface area contributed by atoms with Gasteiger partial charge in [-0.3, -0.25) is 29.3 Å². The van der Waals surface area contributed by atoms with Crippen molar-refractivity contribution in [1.29, 1.82) is 0 Å². The van der Waals surface area contributed by atoms with Gasteiger partial charge < -0.3 is 43.2 Å². The largest absolute Gasteiger partial charge is 0.514 e. The zero-order chi connectivity index (χ0) is 35.5. The van der Waals surface area contributed by atoms with Crippen LogP contribution in [0.2, 0.25) is 0 Å². The lowest BCUT2D eigenvalue weighted by Crippen LogP contribution is -2.64. The van der Waals surface area contributed by atoms with Gasteiger partial charge in [0.25, 0.3) is 11.6 Å². The van der Waals surface area contributed by atoms with Crippen molar-refractivity contribution in [2.45, 2.75) is 65.0 Å². The van der Waals surface area contributed by atoms with Gasteiger partial charge in [-0.25, -0.2) is 9.59 Å². The average Bonchev–Trinajstić information content (AvgIpc) is 3.02. The number of nitrogens with one attached hydrogen (secondary N) is 1. The number of methoxy groups -OCH3 is 1. The number of nitro groups is 1. The van der Waals surface area contributed by atoms with Gasteiger partial charge in [0.2, 0.25) is 12.4 Å². The number of benzene rings is 2. The van der Waals surface area contributed by atoms with E-state index in [1.165, 1.54) is 30.3 Å². The van der Waals surface area contributed by atoms with E-state index in [9.17, 15) is 38.9 Å². The SMILES string of the molecule is CCNC(=O)c1cc(COC(=O)Oc2ccc([N+](=O)[O-])cc2)ccc1O[C@@H]1O[C@H](C(=O)OC)[C@@H](OC(C)=O)[C@H](OC(C)=O)[C@H]1OC(C)=O. The standard InChI is InChI=1S/C30H32N2O16/c1-6-31-27(36)21-13-18(14-42-30(38)46-20-10-8-19(9-11-20)32(39)40)7-12-22(21)47-29-26(45-17(4)35)24(44-16(3)34)23(43-15(2)33)25(48-29)28(37)41-5/h7-13,23-26,29H,6,14H2,1-5H3,(H,31,36)/t23-,24-,25-,26+,29+/m0/s1. The highest BCUT2D eigenvalue weighted by Gasteiger charge is 2.56. The molecule has 0 aliphatic carbocycles. The summed E-state index contributed by atoms with van der Waals surface area (Å²) in [5, 5.41) is 13.4. The van der Waals surface area contributed by atoms with Crippen molar-refractivity contribution in [2.75, 3.05) is 13.7 Å². The molecule has 48 heavy (non-hydrogen) atoms. The molecule has 0 aromatic heterocycles. The second-order valence-electron chi connectivity index (χ2n) is 9.87. The van der Waals surface area contributed by atoms with E-state index >= 15 is 0 Å². The molecule has 1 aliphatic rings. The minimum atomic E-state index is -1.74. The molecule has 1 saturated heterocycles. The van der Waals surface area contributed by atoms with Crippen LogP contribution in [0.1, 0.15) is 43.6 Å². The van der Waals surface area contributed by atoms with Gasteiger partial charge in [-0.2, -0.15) is 0 Å². The van der Waals surface area contributed by atoms with Crippen LogP contribution in [-0.2, 0) is 54.2 Å². The van der Waals surface area contributed by atoms with E-state index in [1.807, 2.05) is 0 Å². The molecule has 0 spiro atoms. The molecule has 0 saturated carbocycles. The number of carbonyl (C=O) groups is 6. The van der Waals surface area contributed by atoms with Crippen LogP contribution < -0.4 is 14.8 Å². The van der Waals surface area contributed by atoms with Crippen molar-refractivity contribution in [3.8, 4) is 11.5 Å². The maximum atomic E-state index is 13.1. The summed E-state index contributed by atoms with van der Waals surface area (Å²) in [6.45, 7) is 4.56. The Morgan fingerprint density at radius 3 is 2.04 bits per heavy atom. The lowest BCUT2D eigenvalue weighted by molar-refractivity contribution is -0.384. The van der Waals surface area contributed by atoms with Crippen molar-refractivity contribution in [3.05, 3.63) is 63.7 Å². The van der Waals surface area contributed by atoms with E-state index in [0.717, 1.165) is 40.0 Å². The number of hydrogen-bond donors (Lipinski definition) is 1. The Kier molecular flexibility index (Phi) is 12.8. The fraction of sp³-hybridized carbons (Fsp3) is 0.400. The summed E-state index contributed by atoms with van der Waals surface area (Å²) in [5.74, 6) is -4.55. The van der Waals surface area contributed by atoms with Crippen LogP contribution in [0.4, 0.5) is 10.5 Å². The number of nitrogens with zero attached hydrogens (tertiary/aromatic N) is 1. The highest BCUT2D eigenvalue weighted by Crippen LogP contribution is 2.33. The predicted octanol–water partition coefficient (Wildman–Crippen LogP) is 2.13. The summed E-state index contributed by atoms with van der Waals surface area (Å²) >= 11 is 0. The molecule has 2 aromatic rings. The number of esters is 4. The van der Waals surface area contributed by atoms with Crippen molar-refractivity contribution >= 4 is 41.6 Å². The fourth-order valence-corrected chi connectivity index (χ4v) is 4.41. The van der Waals surface area contributed by atoms with Crippen LogP contribution >= 0.6 is 0 Å². The molecule has 1 fully saturated rings. The Morgan fingerprint density at radius 2 is 1.48 bits per heavy atom. The quantitative estimate of drug-likeness (QED) is 0.111. The van der Waals surface area contributed by atoms with E-state index in [4.69, 9.17) is 37.9 Å². The van der Waals surface area contributed by atoms with E-state index in [-0.39, 0.29) is 34.9 Å². The van der Waals surface area contributed by atoms with Gasteiger partial charge in [0.1, 0.15) is 18.1 Å². The zero-order valence-corrected chi connectivity index (χ0v) is 26.3. The molecule has 0 radical (unpaired) electrons. The Hall–Kier alpha value is -5.78. The minimum absolute atomic E-state index is 0.0135. The maximum Gasteiger partial charge on any atom is 0.514 e. The molecule has 2 aromatic carbocycles. The molecule has 1 amide bonds. The predicted molar refractivity (Wildman–Crippen MR) is 156 cm³/mol. The third-order valence-corrected chi connectivity index (χ3v) is 6.31. The summed E-state index contributed by atoms with van der Waals surface area (Å²) in [5.41, 5.74) is -0.0428. The van der Waals surface area contributed by atoms with Crippen LogP contribution in [0.25, 0.3) is 0 Å². The molecule has 18 heteroatoms. The number of ether oxygens (including phenoxy) is 8. The van der Waals surface area contributed by atoms with Gasteiger partial charge >= 0.3 is 30.0 Å². The molecule has 258 valence electrons. The average molecular weight is 677 g/mol. The van der Waals surface area contributed by atoms with Crippen LogP contribution in [-0.4, -0.2) is 85.2 Å². The summed E-state index contributed by atoms with van der Waals surface area (Å²) in [6, 6.07) is 8.71. The molecule has 1 heterocycles. The third-order valence-electron chi connectivity index (χ3n) is 6.31. The third kappa shape index (κ3) is 9.86. The van der Waals surface area contributed by atoms with Gasteiger partial charge in [0, 0.05) is 39.4 Å². The van der Waals surface area contributed by atoms with Gasteiger partial charge in [0.15, 0.2) is 18.3 Å². The van der Waals surface area contributed by atoms with E-state index in [0.29, 0.717) is 0 Å². The first-order valence-electron chi connectivity index (χ1n) is 14.2. The van der Waals surface area contributed by atoms with Gasteiger partial charge in [0.05, 0.1) is 17.6 Å². The lowest BCUT2D eigenvalue weighted by atomic mass is 9.97. The van der Waals surface area contributed by atoms with Gasteiger partial charge in [-0.15, -0.1) is 0 Å². The smallest absolute Gasteiger partial charge is 0.467 e. The number of non-ortho nitro benzene ring substituents is 1. The topological polar surface area (TPSA) is 231 Å². The van der Waals surface area contributed by atoms with Crippen molar-refractivity contribution in [1.82, 2.24) is 5.32 Å². The molecule has 18 nitrogen and oxygen atoms in total. The molecule has 1 N–H and O–H groups in total. The number of hydrogen-bond acceptors (Lipinski definition) is 16. The highest BCUT2D eigenvalue weighted by molar-refractivity contribution is 5.97. The molecule has 0 unspecified atom stereocenters. The Bertz CT molecular complexity index is 1540. The Balaban J connectivity index is 1.92. The molecule has 0 bridgehead atoms. The minimum Gasteiger partial charge on any atom is -0.467 e.